The number of rotatable bonds is 5. The third-order valence-electron chi connectivity index (χ3n) is 5.86. The Morgan fingerprint density at radius 3 is 2.64 bits per heavy atom. The predicted octanol–water partition coefficient (Wildman–Crippen LogP) is 1.93. The fourth-order valence-electron chi connectivity index (χ4n) is 4.17. The number of pyridine rings is 1. The molecule has 0 spiro atoms. The molecule has 3 rings (SSSR count). The number of hydrogen-bond donors (Lipinski definition) is 2. The van der Waals surface area contributed by atoms with Crippen LogP contribution in [0.5, 0.6) is 0 Å². The number of aromatic nitrogens is 1. The molecule has 1 aromatic rings. The van der Waals surface area contributed by atoms with Gasteiger partial charge in [-0.2, -0.15) is 0 Å². The molecule has 6 nitrogen and oxygen atoms in total. The molecule has 0 radical (unpaired) electrons. The Hall–Kier alpha value is -1.66. The van der Waals surface area contributed by atoms with Gasteiger partial charge in [0.05, 0.1) is 11.9 Å². The molecule has 1 aliphatic heterocycles. The SMILES string of the molecule is CN(C)C1CCN(c2ccc(NC(=O)[C@@H]3CCC[C@@H]3CN)nc2)CC1. The van der Waals surface area contributed by atoms with Crippen molar-refractivity contribution in [2.24, 2.45) is 17.6 Å². The minimum atomic E-state index is 0.0385. The van der Waals surface area contributed by atoms with E-state index in [2.05, 4.69) is 40.3 Å². The maximum absolute atomic E-state index is 12.4. The van der Waals surface area contributed by atoms with Gasteiger partial charge < -0.3 is 20.9 Å². The summed E-state index contributed by atoms with van der Waals surface area (Å²) in [4.78, 5) is 21.6. The number of carbonyl (C=O) groups excluding carboxylic acids is 1. The summed E-state index contributed by atoms with van der Waals surface area (Å²) in [6, 6.07) is 4.65. The second-order valence-electron chi connectivity index (χ2n) is 7.61. The largest absolute Gasteiger partial charge is 0.370 e. The molecule has 1 saturated heterocycles. The van der Waals surface area contributed by atoms with E-state index in [0.717, 1.165) is 38.0 Å². The third-order valence-corrected chi connectivity index (χ3v) is 5.86. The summed E-state index contributed by atoms with van der Waals surface area (Å²) in [6.07, 6.45) is 7.31. The Labute approximate surface area is 150 Å². The molecule has 3 N–H and O–H groups in total. The van der Waals surface area contributed by atoms with Crippen molar-refractivity contribution in [2.45, 2.75) is 38.1 Å². The van der Waals surface area contributed by atoms with Crippen molar-refractivity contribution in [1.82, 2.24) is 9.88 Å². The Balaban J connectivity index is 1.55. The summed E-state index contributed by atoms with van der Waals surface area (Å²) in [5.41, 5.74) is 6.92. The van der Waals surface area contributed by atoms with E-state index in [0.29, 0.717) is 24.3 Å². The molecule has 1 amide bonds. The van der Waals surface area contributed by atoms with Crippen molar-refractivity contribution in [3.05, 3.63) is 18.3 Å². The lowest BCUT2D eigenvalue weighted by Crippen LogP contribution is -2.42. The summed E-state index contributed by atoms with van der Waals surface area (Å²) in [5, 5.41) is 2.97. The van der Waals surface area contributed by atoms with Crippen LogP contribution in [-0.2, 0) is 4.79 Å². The average Bonchev–Trinajstić information content (AvgIpc) is 3.11. The fourth-order valence-corrected chi connectivity index (χ4v) is 4.17. The van der Waals surface area contributed by atoms with Gasteiger partial charge >= 0.3 is 0 Å². The summed E-state index contributed by atoms with van der Waals surface area (Å²) >= 11 is 0. The van der Waals surface area contributed by atoms with Gasteiger partial charge in [0, 0.05) is 25.0 Å². The molecule has 1 saturated carbocycles. The number of amides is 1. The first kappa shape index (κ1) is 18.1. The third kappa shape index (κ3) is 4.30. The van der Waals surface area contributed by atoms with Crippen LogP contribution in [0.15, 0.2) is 18.3 Å². The molecule has 138 valence electrons. The Morgan fingerprint density at radius 1 is 1.28 bits per heavy atom. The molecule has 6 heteroatoms. The lowest BCUT2D eigenvalue weighted by Gasteiger charge is -2.36. The maximum Gasteiger partial charge on any atom is 0.228 e. The molecule has 1 aromatic heterocycles. The smallest absolute Gasteiger partial charge is 0.228 e. The van der Waals surface area contributed by atoms with Gasteiger partial charge in [0.2, 0.25) is 5.91 Å². The zero-order chi connectivity index (χ0) is 17.8. The maximum atomic E-state index is 12.4. The number of nitrogens with two attached hydrogens (primary N) is 1. The first-order valence-corrected chi connectivity index (χ1v) is 9.47. The fraction of sp³-hybridized carbons (Fsp3) is 0.684. The normalized spacial score (nSPS) is 24.7. The molecular weight excluding hydrogens is 314 g/mol. The van der Waals surface area contributed by atoms with Crippen molar-refractivity contribution < 1.29 is 4.79 Å². The number of hydrogen-bond acceptors (Lipinski definition) is 5. The highest BCUT2D eigenvalue weighted by atomic mass is 16.2. The zero-order valence-electron chi connectivity index (χ0n) is 15.4. The molecule has 0 aromatic carbocycles. The molecular formula is C19H31N5O. The standard InChI is InChI=1S/C19H31N5O/c1-23(2)15-8-10-24(11-9-15)16-6-7-18(21-13-16)22-19(25)17-5-3-4-14(17)12-20/h6-7,13-15,17H,3-5,8-12,20H2,1-2H3,(H,21,22,25)/t14-,17-/m1/s1. The van der Waals surface area contributed by atoms with E-state index >= 15 is 0 Å². The van der Waals surface area contributed by atoms with Crippen LogP contribution in [0.1, 0.15) is 32.1 Å². The van der Waals surface area contributed by atoms with Crippen molar-refractivity contribution in [2.75, 3.05) is 43.9 Å². The average molecular weight is 345 g/mol. The van der Waals surface area contributed by atoms with Crippen LogP contribution in [0.4, 0.5) is 11.5 Å². The highest BCUT2D eigenvalue weighted by molar-refractivity contribution is 5.92. The number of nitrogens with one attached hydrogen (secondary N) is 1. The summed E-state index contributed by atoms with van der Waals surface area (Å²) in [7, 11) is 4.30. The van der Waals surface area contributed by atoms with Crippen LogP contribution >= 0.6 is 0 Å². The minimum Gasteiger partial charge on any atom is -0.370 e. The van der Waals surface area contributed by atoms with Gasteiger partial charge in [-0.05, 0) is 64.4 Å². The summed E-state index contributed by atoms with van der Waals surface area (Å²) in [6.45, 7) is 2.69. The Bertz CT molecular complexity index is 566. The van der Waals surface area contributed by atoms with Gasteiger partial charge in [-0.3, -0.25) is 4.79 Å². The van der Waals surface area contributed by atoms with Crippen molar-refractivity contribution in [1.29, 1.82) is 0 Å². The van der Waals surface area contributed by atoms with E-state index in [9.17, 15) is 4.79 Å². The van der Waals surface area contributed by atoms with Gasteiger partial charge in [0.25, 0.3) is 0 Å². The van der Waals surface area contributed by atoms with Gasteiger partial charge in [-0.25, -0.2) is 4.98 Å². The van der Waals surface area contributed by atoms with Crippen LogP contribution in [0.3, 0.4) is 0 Å². The van der Waals surface area contributed by atoms with E-state index in [1.807, 2.05) is 12.3 Å². The number of nitrogens with zero attached hydrogens (tertiary/aromatic N) is 3. The highest BCUT2D eigenvalue weighted by Gasteiger charge is 2.32. The van der Waals surface area contributed by atoms with Crippen LogP contribution < -0.4 is 16.0 Å². The number of piperidine rings is 1. The molecule has 0 unspecified atom stereocenters. The van der Waals surface area contributed by atoms with Gasteiger partial charge in [-0.1, -0.05) is 6.42 Å². The van der Waals surface area contributed by atoms with E-state index < -0.39 is 0 Å². The molecule has 2 heterocycles. The van der Waals surface area contributed by atoms with E-state index in [1.165, 1.54) is 12.8 Å². The Morgan fingerprint density at radius 2 is 2.04 bits per heavy atom. The lowest BCUT2D eigenvalue weighted by atomic mass is 9.95. The van der Waals surface area contributed by atoms with Crippen LogP contribution in [0.2, 0.25) is 0 Å². The topological polar surface area (TPSA) is 74.5 Å². The molecule has 1 aliphatic carbocycles. The van der Waals surface area contributed by atoms with Crippen LogP contribution in [-0.4, -0.2) is 55.6 Å². The number of carbonyl (C=O) groups is 1. The highest BCUT2D eigenvalue weighted by Crippen LogP contribution is 2.31. The number of anilines is 2. The second-order valence-corrected chi connectivity index (χ2v) is 7.61. The van der Waals surface area contributed by atoms with Gasteiger partial charge in [0.1, 0.15) is 5.82 Å². The van der Waals surface area contributed by atoms with E-state index in [1.54, 1.807) is 0 Å². The van der Waals surface area contributed by atoms with E-state index in [4.69, 9.17) is 5.73 Å². The second kappa shape index (κ2) is 8.15. The minimum absolute atomic E-state index is 0.0385. The first-order chi connectivity index (χ1) is 12.1. The van der Waals surface area contributed by atoms with E-state index in [-0.39, 0.29) is 11.8 Å². The van der Waals surface area contributed by atoms with Crippen LogP contribution in [0, 0.1) is 11.8 Å². The molecule has 0 bridgehead atoms. The predicted molar refractivity (Wildman–Crippen MR) is 102 cm³/mol. The monoisotopic (exact) mass is 345 g/mol. The quantitative estimate of drug-likeness (QED) is 0.853. The first-order valence-electron chi connectivity index (χ1n) is 9.47. The van der Waals surface area contributed by atoms with Gasteiger partial charge in [-0.15, -0.1) is 0 Å². The molecule has 2 aliphatic rings. The molecule has 2 fully saturated rings. The van der Waals surface area contributed by atoms with Gasteiger partial charge in [0.15, 0.2) is 0 Å². The summed E-state index contributed by atoms with van der Waals surface area (Å²) < 4.78 is 0. The molecule has 2 atom stereocenters. The van der Waals surface area contributed by atoms with Crippen molar-refractivity contribution in [3.8, 4) is 0 Å². The lowest BCUT2D eigenvalue weighted by molar-refractivity contribution is -0.120. The van der Waals surface area contributed by atoms with Crippen molar-refractivity contribution >= 4 is 17.4 Å². The summed E-state index contributed by atoms with van der Waals surface area (Å²) in [5.74, 6) is 1.06. The molecule has 25 heavy (non-hydrogen) atoms. The zero-order valence-corrected chi connectivity index (χ0v) is 15.4. The van der Waals surface area contributed by atoms with Crippen molar-refractivity contribution in [3.63, 3.8) is 0 Å². The van der Waals surface area contributed by atoms with Crippen LogP contribution in [0.25, 0.3) is 0 Å². The Kier molecular flexibility index (Phi) is 5.91.